The van der Waals surface area contributed by atoms with Gasteiger partial charge in [-0.2, -0.15) is 0 Å². The first kappa shape index (κ1) is 16.0. The Kier molecular flexibility index (Phi) is 5.17. The summed E-state index contributed by atoms with van der Waals surface area (Å²) in [4.78, 5) is 15.4. The molecule has 4 nitrogen and oxygen atoms in total. The number of carboxylic acids is 1. The van der Waals surface area contributed by atoms with E-state index in [-0.39, 0.29) is 5.56 Å². The van der Waals surface area contributed by atoms with E-state index in [2.05, 4.69) is 4.99 Å². The first-order valence-corrected chi connectivity index (χ1v) is 7.19. The highest BCUT2D eigenvalue weighted by molar-refractivity contribution is 6.30. The third kappa shape index (κ3) is 3.86. The lowest BCUT2D eigenvalue weighted by Crippen LogP contribution is -1.97. The first-order valence-electron chi connectivity index (χ1n) is 6.81. The van der Waals surface area contributed by atoms with Gasteiger partial charge in [0.1, 0.15) is 5.75 Å². The Morgan fingerprint density at radius 3 is 2.77 bits per heavy atom. The molecule has 0 aliphatic heterocycles. The second-order valence-corrected chi connectivity index (χ2v) is 5.12. The van der Waals surface area contributed by atoms with Gasteiger partial charge in [0.15, 0.2) is 0 Å². The van der Waals surface area contributed by atoms with Crippen LogP contribution in [-0.4, -0.2) is 23.9 Å². The van der Waals surface area contributed by atoms with E-state index in [0.29, 0.717) is 23.1 Å². The average Bonchev–Trinajstić information content (AvgIpc) is 2.48. The molecule has 0 atom stereocenters. The Bertz CT molecular complexity index is 726. The number of halogens is 1. The van der Waals surface area contributed by atoms with Crippen molar-refractivity contribution in [1.29, 1.82) is 0 Å². The minimum Gasteiger partial charge on any atom is -0.493 e. The van der Waals surface area contributed by atoms with Crippen LogP contribution in [0.4, 0.5) is 5.69 Å². The smallest absolute Gasteiger partial charge is 0.335 e. The van der Waals surface area contributed by atoms with E-state index >= 15 is 0 Å². The number of nitrogens with zero attached hydrogens (tertiary/aromatic N) is 1. The highest BCUT2D eigenvalue weighted by Crippen LogP contribution is 2.24. The largest absolute Gasteiger partial charge is 0.493 e. The summed E-state index contributed by atoms with van der Waals surface area (Å²) in [7, 11) is 0. The first-order chi connectivity index (χ1) is 10.5. The van der Waals surface area contributed by atoms with Crippen LogP contribution in [0.1, 0.15) is 28.4 Å². The van der Waals surface area contributed by atoms with Gasteiger partial charge < -0.3 is 9.84 Å². The van der Waals surface area contributed by atoms with Gasteiger partial charge in [-0.15, -0.1) is 0 Å². The van der Waals surface area contributed by atoms with Gasteiger partial charge in [-0.3, -0.25) is 4.99 Å². The highest BCUT2D eigenvalue weighted by Gasteiger charge is 2.06. The number of aliphatic imine (C=N–C) groups is 1. The zero-order valence-corrected chi connectivity index (χ0v) is 13.1. The molecule has 0 aromatic heterocycles. The number of ether oxygens (including phenoxy) is 1. The maximum Gasteiger partial charge on any atom is 0.335 e. The fourth-order valence-corrected chi connectivity index (χ4v) is 2.11. The summed E-state index contributed by atoms with van der Waals surface area (Å²) in [5, 5.41) is 9.63. The van der Waals surface area contributed by atoms with E-state index in [4.69, 9.17) is 21.4 Å². The molecule has 0 heterocycles. The maximum absolute atomic E-state index is 11.0. The van der Waals surface area contributed by atoms with Crippen LogP contribution in [0.2, 0.25) is 5.02 Å². The fraction of sp³-hybridized carbons (Fsp3) is 0.176. The Balaban J connectivity index is 2.38. The van der Waals surface area contributed by atoms with Crippen molar-refractivity contribution in [2.45, 2.75) is 13.8 Å². The van der Waals surface area contributed by atoms with E-state index in [0.717, 1.165) is 11.1 Å². The quantitative estimate of drug-likeness (QED) is 0.826. The number of carbonyl (C=O) groups is 1. The minimum absolute atomic E-state index is 0.203. The summed E-state index contributed by atoms with van der Waals surface area (Å²) in [6, 6.07) is 10.1. The molecule has 0 fully saturated rings. The van der Waals surface area contributed by atoms with E-state index < -0.39 is 5.97 Å². The van der Waals surface area contributed by atoms with Gasteiger partial charge in [0.2, 0.25) is 0 Å². The summed E-state index contributed by atoms with van der Waals surface area (Å²) >= 11 is 6.00. The highest BCUT2D eigenvalue weighted by atomic mass is 35.5. The van der Waals surface area contributed by atoms with Gasteiger partial charge in [-0.25, -0.2) is 4.79 Å². The molecule has 22 heavy (non-hydrogen) atoms. The van der Waals surface area contributed by atoms with Crippen molar-refractivity contribution in [1.82, 2.24) is 0 Å². The second kappa shape index (κ2) is 7.09. The Hall–Kier alpha value is -2.33. The molecule has 0 unspecified atom stereocenters. The molecule has 0 bridgehead atoms. The standard InChI is InChI=1S/C17H16ClNO3/c1-3-22-16-7-6-14(18)8-13(16)10-19-15-9-12(17(20)21)5-4-11(15)2/h4-10H,3H2,1-2H3,(H,20,21). The molecule has 0 aliphatic rings. The van der Waals surface area contributed by atoms with Crippen LogP contribution in [0.5, 0.6) is 5.75 Å². The van der Waals surface area contributed by atoms with Gasteiger partial charge in [-0.05, 0) is 49.7 Å². The second-order valence-electron chi connectivity index (χ2n) is 4.68. The molecule has 1 N–H and O–H groups in total. The van der Waals surface area contributed by atoms with Crippen LogP contribution >= 0.6 is 11.6 Å². The molecule has 114 valence electrons. The van der Waals surface area contributed by atoms with Gasteiger partial charge in [0, 0.05) is 16.8 Å². The number of benzene rings is 2. The predicted molar refractivity (Wildman–Crippen MR) is 88.0 cm³/mol. The van der Waals surface area contributed by atoms with Crippen LogP contribution in [0.3, 0.4) is 0 Å². The average molecular weight is 318 g/mol. The molecular formula is C17H16ClNO3. The molecule has 0 aliphatic carbocycles. The zero-order valence-electron chi connectivity index (χ0n) is 12.3. The fourth-order valence-electron chi connectivity index (χ4n) is 1.93. The van der Waals surface area contributed by atoms with Crippen molar-refractivity contribution >= 4 is 29.5 Å². The van der Waals surface area contributed by atoms with Crippen LogP contribution in [0, 0.1) is 6.92 Å². The zero-order chi connectivity index (χ0) is 16.1. The van der Waals surface area contributed by atoms with Gasteiger partial charge in [0.05, 0.1) is 17.9 Å². The molecular weight excluding hydrogens is 302 g/mol. The van der Waals surface area contributed by atoms with Crippen molar-refractivity contribution in [3.05, 3.63) is 58.1 Å². The maximum atomic E-state index is 11.0. The lowest BCUT2D eigenvalue weighted by molar-refractivity contribution is 0.0697. The van der Waals surface area contributed by atoms with Gasteiger partial charge in [-0.1, -0.05) is 17.7 Å². The third-order valence-electron chi connectivity index (χ3n) is 3.07. The molecule has 0 spiro atoms. The molecule has 0 saturated carbocycles. The van der Waals surface area contributed by atoms with Crippen molar-refractivity contribution in [3.63, 3.8) is 0 Å². The summed E-state index contributed by atoms with van der Waals surface area (Å²) in [5.74, 6) is -0.295. The summed E-state index contributed by atoms with van der Waals surface area (Å²) < 4.78 is 5.53. The van der Waals surface area contributed by atoms with Gasteiger partial charge >= 0.3 is 5.97 Å². The monoisotopic (exact) mass is 317 g/mol. The van der Waals surface area contributed by atoms with Crippen LogP contribution < -0.4 is 4.74 Å². The number of rotatable bonds is 5. The van der Waals surface area contributed by atoms with Crippen LogP contribution in [0.25, 0.3) is 0 Å². The minimum atomic E-state index is -0.978. The Morgan fingerprint density at radius 1 is 1.32 bits per heavy atom. The lowest BCUT2D eigenvalue weighted by atomic mass is 10.1. The summed E-state index contributed by atoms with van der Waals surface area (Å²) in [5.41, 5.74) is 2.44. The Labute approximate surface area is 134 Å². The van der Waals surface area contributed by atoms with Crippen molar-refractivity contribution in [2.24, 2.45) is 4.99 Å². The van der Waals surface area contributed by atoms with E-state index in [1.165, 1.54) is 0 Å². The SMILES string of the molecule is CCOc1ccc(Cl)cc1C=Nc1cc(C(=O)O)ccc1C. The predicted octanol–water partition coefficient (Wildman–Crippen LogP) is 4.50. The molecule has 5 heteroatoms. The van der Waals surface area contributed by atoms with Gasteiger partial charge in [0.25, 0.3) is 0 Å². The van der Waals surface area contributed by atoms with E-state index in [1.807, 2.05) is 13.8 Å². The number of carboxylic acid groups (broad SMARTS) is 1. The molecule has 2 rings (SSSR count). The molecule has 2 aromatic rings. The lowest BCUT2D eigenvalue weighted by Gasteiger charge is -2.07. The molecule has 0 saturated heterocycles. The van der Waals surface area contributed by atoms with E-state index in [9.17, 15) is 4.79 Å². The van der Waals surface area contributed by atoms with Crippen LogP contribution in [-0.2, 0) is 0 Å². The number of hydrogen-bond acceptors (Lipinski definition) is 3. The van der Waals surface area contributed by atoms with Crippen molar-refractivity contribution in [2.75, 3.05) is 6.61 Å². The molecule has 0 amide bonds. The third-order valence-corrected chi connectivity index (χ3v) is 3.31. The Morgan fingerprint density at radius 2 is 2.09 bits per heavy atom. The topological polar surface area (TPSA) is 58.9 Å². The summed E-state index contributed by atoms with van der Waals surface area (Å²) in [6.45, 7) is 4.31. The molecule has 0 radical (unpaired) electrons. The van der Waals surface area contributed by atoms with E-state index in [1.54, 1.807) is 42.6 Å². The number of aryl methyl sites for hydroxylation is 1. The summed E-state index contributed by atoms with van der Waals surface area (Å²) in [6.07, 6.45) is 1.63. The van der Waals surface area contributed by atoms with Crippen molar-refractivity contribution in [3.8, 4) is 5.75 Å². The van der Waals surface area contributed by atoms with Crippen LogP contribution in [0.15, 0.2) is 41.4 Å². The normalized spacial score (nSPS) is 10.9. The molecule has 2 aromatic carbocycles. The number of hydrogen-bond donors (Lipinski definition) is 1. The van der Waals surface area contributed by atoms with Crippen molar-refractivity contribution < 1.29 is 14.6 Å². The number of aromatic carboxylic acids is 1.